The van der Waals surface area contributed by atoms with E-state index in [-0.39, 0.29) is 6.04 Å². The molecule has 0 bridgehead atoms. The molecule has 19 heavy (non-hydrogen) atoms. The van der Waals surface area contributed by atoms with E-state index in [4.69, 9.17) is 5.73 Å². The van der Waals surface area contributed by atoms with Gasteiger partial charge in [0.1, 0.15) is 0 Å². The molecule has 0 spiro atoms. The van der Waals surface area contributed by atoms with Gasteiger partial charge in [-0.3, -0.25) is 0 Å². The zero-order valence-corrected chi connectivity index (χ0v) is 12.6. The molecule has 1 unspecified atom stereocenters. The van der Waals surface area contributed by atoms with Crippen molar-refractivity contribution >= 4 is 0 Å². The fourth-order valence-electron chi connectivity index (χ4n) is 3.29. The maximum Gasteiger partial charge on any atom is 0.0297 e. The number of hydrogen-bond acceptors (Lipinski definition) is 1. The molecule has 0 aromatic heterocycles. The average Bonchev–Trinajstić information content (AvgIpc) is 2.40. The molecule has 1 fully saturated rings. The van der Waals surface area contributed by atoms with E-state index in [2.05, 4.69) is 38.1 Å². The third-order valence-corrected chi connectivity index (χ3v) is 4.36. The molecule has 1 saturated carbocycles. The Morgan fingerprint density at radius 3 is 2.26 bits per heavy atom. The van der Waals surface area contributed by atoms with Gasteiger partial charge in [0.25, 0.3) is 0 Å². The van der Waals surface area contributed by atoms with Gasteiger partial charge in [-0.25, -0.2) is 0 Å². The minimum atomic E-state index is 0.233. The Balaban J connectivity index is 1.89. The molecule has 2 rings (SSSR count). The van der Waals surface area contributed by atoms with Gasteiger partial charge in [0.2, 0.25) is 0 Å². The number of nitrogens with two attached hydrogens (primary N) is 1. The third-order valence-electron chi connectivity index (χ3n) is 4.36. The number of benzene rings is 1. The third kappa shape index (κ3) is 4.65. The molecule has 1 nitrogen and oxygen atoms in total. The molecule has 0 amide bonds. The van der Waals surface area contributed by atoms with Crippen LogP contribution in [0.25, 0.3) is 0 Å². The molecule has 1 aliphatic rings. The Bertz CT molecular complexity index is 360. The Hall–Kier alpha value is -0.820. The minimum Gasteiger partial charge on any atom is -0.324 e. The van der Waals surface area contributed by atoms with Gasteiger partial charge in [0.15, 0.2) is 0 Å². The summed E-state index contributed by atoms with van der Waals surface area (Å²) in [5.41, 5.74) is 9.13. The standard InChI is InChI=1S/C18H29N/c1-14(2)12-16-8-10-17(11-9-16)18(19)13-15-6-4-3-5-7-15/h8-11,14-15,18H,3-7,12-13,19H2,1-2H3. The van der Waals surface area contributed by atoms with E-state index in [1.807, 2.05) is 0 Å². The fourth-order valence-corrected chi connectivity index (χ4v) is 3.29. The smallest absolute Gasteiger partial charge is 0.0297 e. The molecule has 1 heteroatoms. The lowest BCUT2D eigenvalue weighted by molar-refractivity contribution is 0.319. The summed E-state index contributed by atoms with van der Waals surface area (Å²) in [4.78, 5) is 0. The van der Waals surface area contributed by atoms with Gasteiger partial charge in [-0.1, -0.05) is 70.2 Å². The van der Waals surface area contributed by atoms with Crippen molar-refractivity contribution in [3.8, 4) is 0 Å². The van der Waals surface area contributed by atoms with Crippen LogP contribution in [0.2, 0.25) is 0 Å². The van der Waals surface area contributed by atoms with Gasteiger partial charge in [0.05, 0.1) is 0 Å². The number of hydrogen-bond donors (Lipinski definition) is 1. The van der Waals surface area contributed by atoms with Gasteiger partial charge in [-0.05, 0) is 35.8 Å². The molecule has 1 aromatic carbocycles. The van der Waals surface area contributed by atoms with E-state index in [0.717, 1.165) is 18.3 Å². The highest BCUT2D eigenvalue weighted by Crippen LogP contribution is 2.30. The molecule has 2 N–H and O–H groups in total. The van der Waals surface area contributed by atoms with E-state index in [1.165, 1.54) is 49.7 Å². The van der Waals surface area contributed by atoms with Gasteiger partial charge in [-0.15, -0.1) is 0 Å². The minimum absolute atomic E-state index is 0.233. The molecule has 0 aliphatic heterocycles. The van der Waals surface area contributed by atoms with Gasteiger partial charge < -0.3 is 5.73 Å². The lowest BCUT2D eigenvalue weighted by Crippen LogP contribution is -2.17. The first kappa shape index (κ1) is 14.6. The Morgan fingerprint density at radius 1 is 1.05 bits per heavy atom. The van der Waals surface area contributed by atoms with E-state index < -0.39 is 0 Å². The molecule has 1 aromatic rings. The Morgan fingerprint density at radius 2 is 1.68 bits per heavy atom. The summed E-state index contributed by atoms with van der Waals surface area (Å²) in [5, 5.41) is 0. The predicted molar refractivity (Wildman–Crippen MR) is 83.1 cm³/mol. The van der Waals surface area contributed by atoms with Crippen molar-refractivity contribution in [1.29, 1.82) is 0 Å². The van der Waals surface area contributed by atoms with Crippen LogP contribution in [0.5, 0.6) is 0 Å². The first-order valence-electron chi connectivity index (χ1n) is 7.99. The van der Waals surface area contributed by atoms with Crippen molar-refractivity contribution in [2.75, 3.05) is 0 Å². The van der Waals surface area contributed by atoms with Crippen LogP contribution >= 0.6 is 0 Å². The van der Waals surface area contributed by atoms with Crippen molar-refractivity contribution < 1.29 is 0 Å². The maximum atomic E-state index is 6.38. The molecule has 1 atom stereocenters. The molecule has 0 saturated heterocycles. The van der Waals surface area contributed by atoms with Crippen LogP contribution in [-0.4, -0.2) is 0 Å². The largest absolute Gasteiger partial charge is 0.324 e. The fraction of sp³-hybridized carbons (Fsp3) is 0.667. The molecular formula is C18H29N. The topological polar surface area (TPSA) is 26.0 Å². The summed E-state index contributed by atoms with van der Waals surface area (Å²) < 4.78 is 0. The van der Waals surface area contributed by atoms with Gasteiger partial charge in [-0.2, -0.15) is 0 Å². The molecule has 0 heterocycles. The van der Waals surface area contributed by atoms with Crippen molar-refractivity contribution in [2.24, 2.45) is 17.6 Å². The Labute approximate surface area is 118 Å². The van der Waals surface area contributed by atoms with Gasteiger partial charge in [0, 0.05) is 6.04 Å². The molecule has 106 valence electrons. The van der Waals surface area contributed by atoms with Crippen molar-refractivity contribution in [1.82, 2.24) is 0 Å². The summed E-state index contributed by atoms with van der Waals surface area (Å²) in [5.74, 6) is 1.58. The lowest BCUT2D eigenvalue weighted by atomic mass is 9.83. The van der Waals surface area contributed by atoms with E-state index in [0.29, 0.717) is 0 Å². The normalized spacial score (nSPS) is 18.7. The van der Waals surface area contributed by atoms with Crippen LogP contribution in [0.1, 0.15) is 69.5 Å². The summed E-state index contributed by atoms with van der Waals surface area (Å²) in [6, 6.07) is 9.24. The molecular weight excluding hydrogens is 230 g/mol. The van der Waals surface area contributed by atoms with E-state index in [9.17, 15) is 0 Å². The van der Waals surface area contributed by atoms with Crippen LogP contribution in [0.4, 0.5) is 0 Å². The van der Waals surface area contributed by atoms with Crippen molar-refractivity contribution in [3.63, 3.8) is 0 Å². The monoisotopic (exact) mass is 259 g/mol. The summed E-state index contributed by atoms with van der Waals surface area (Å²) in [6.45, 7) is 4.53. The molecule has 0 radical (unpaired) electrons. The maximum absolute atomic E-state index is 6.38. The zero-order chi connectivity index (χ0) is 13.7. The molecule has 1 aliphatic carbocycles. The number of rotatable bonds is 5. The second kappa shape index (κ2) is 7.09. The van der Waals surface area contributed by atoms with Crippen LogP contribution in [0.3, 0.4) is 0 Å². The summed E-state index contributed by atoms with van der Waals surface area (Å²) in [6.07, 6.45) is 9.35. The highest BCUT2D eigenvalue weighted by Gasteiger charge is 2.17. The van der Waals surface area contributed by atoms with Crippen molar-refractivity contribution in [3.05, 3.63) is 35.4 Å². The first-order chi connectivity index (χ1) is 9.15. The first-order valence-corrected chi connectivity index (χ1v) is 7.99. The second-order valence-electron chi connectivity index (χ2n) is 6.69. The zero-order valence-electron chi connectivity index (χ0n) is 12.6. The van der Waals surface area contributed by atoms with E-state index in [1.54, 1.807) is 0 Å². The van der Waals surface area contributed by atoms with Gasteiger partial charge >= 0.3 is 0 Å². The lowest BCUT2D eigenvalue weighted by Gasteiger charge is -2.24. The second-order valence-corrected chi connectivity index (χ2v) is 6.69. The SMILES string of the molecule is CC(C)Cc1ccc(C(N)CC2CCCCC2)cc1. The summed E-state index contributed by atoms with van der Waals surface area (Å²) in [7, 11) is 0. The predicted octanol–water partition coefficient (Wildman–Crippen LogP) is 4.86. The van der Waals surface area contributed by atoms with Crippen molar-refractivity contribution in [2.45, 2.75) is 64.8 Å². The van der Waals surface area contributed by atoms with Crippen LogP contribution in [-0.2, 0) is 6.42 Å². The van der Waals surface area contributed by atoms with Crippen LogP contribution in [0.15, 0.2) is 24.3 Å². The highest BCUT2D eigenvalue weighted by atomic mass is 14.6. The highest BCUT2D eigenvalue weighted by molar-refractivity contribution is 5.25. The van der Waals surface area contributed by atoms with Crippen LogP contribution < -0.4 is 5.73 Å². The Kier molecular flexibility index (Phi) is 5.45. The quantitative estimate of drug-likeness (QED) is 0.803. The average molecular weight is 259 g/mol. The summed E-state index contributed by atoms with van der Waals surface area (Å²) >= 11 is 0. The van der Waals surface area contributed by atoms with Crippen LogP contribution in [0, 0.1) is 11.8 Å². The van der Waals surface area contributed by atoms with E-state index >= 15 is 0 Å².